The lowest BCUT2D eigenvalue weighted by Gasteiger charge is -2.18. The Hall–Kier alpha value is -1.48. The molecule has 1 aromatic rings. The third-order valence-electron chi connectivity index (χ3n) is 3.04. The van der Waals surface area contributed by atoms with Crippen LogP contribution in [-0.2, 0) is 14.2 Å². The van der Waals surface area contributed by atoms with E-state index in [-0.39, 0.29) is 12.4 Å². The fraction of sp³-hybridized carbons (Fsp3) is 0.636. The van der Waals surface area contributed by atoms with Crippen molar-refractivity contribution in [2.75, 3.05) is 26.6 Å². The molecule has 1 aromatic heterocycles. The number of nitrogens with two attached hydrogens (primary N) is 1. The summed E-state index contributed by atoms with van der Waals surface area (Å²) in [6.45, 7) is 0.253. The van der Waals surface area contributed by atoms with Crippen molar-refractivity contribution in [3.63, 3.8) is 0 Å². The molecule has 0 aromatic carbocycles. The molecule has 0 saturated carbocycles. The highest BCUT2D eigenvalue weighted by Crippen LogP contribution is 2.30. The molecule has 0 radical (unpaired) electrons. The monoisotopic (exact) mass is 271 g/mol. The van der Waals surface area contributed by atoms with Gasteiger partial charge in [-0.15, -0.1) is 0 Å². The van der Waals surface area contributed by atoms with E-state index >= 15 is 0 Å². The zero-order valence-corrected chi connectivity index (χ0v) is 10.7. The molecule has 8 heteroatoms. The lowest BCUT2D eigenvalue weighted by atomic mass is 10.1. The fourth-order valence-electron chi connectivity index (χ4n) is 2.16. The van der Waals surface area contributed by atoms with Crippen molar-refractivity contribution < 1.29 is 19.3 Å². The minimum atomic E-state index is -0.992. The molecule has 3 N–H and O–H groups in total. The van der Waals surface area contributed by atoms with Gasteiger partial charge in [-0.05, 0) is 6.07 Å². The molecule has 2 heterocycles. The van der Waals surface area contributed by atoms with E-state index < -0.39 is 30.2 Å². The van der Waals surface area contributed by atoms with Crippen LogP contribution in [0.4, 0.5) is 5.82 Å². The van der Waals surface area contributed by atoms with Crippen LogP contribution in [0.3, 0.4) is 0 Å². The molecule has 1 aliphatic rings. The molecule has 1 fully saturated rings. The number of rotatable bonds is 4. The van der Waals surface area contributed by atoms with Crippen LogP contribution < -0.4 is 11.4 Å². The van der Waals surface area contributed by atoms with Gasteiger partial charge in [0.25, 0.3) is 0 Å². The first kappa shape index (κ1) is 13.9. The second-order valence-electron chi connectivity index (χ2n) is 4.25. The lowest BCUT2D eigenvalue weighted by Crippen LogP contribution is -2.37. The molecule has 19 heavy (non-hydrogen) atoms. The first-order chi connectivity index (χ1) is 9.08. The van der Waals surface area contributed by atoms with Gasteiger partial charge in [-0.2, -0.15) is 4.98 Å². The zero-order chi connectivity index (χ0) is 14.0. The molecule has 1 saturated heterocycles. The van der Waals surface area contributed by atoms with Gasteiger partial charge in [0.2, 0.25) is 0 Å². The van der Waals surface area contributed by atoms with E-state index in [1.165, 1.54) is 31.0 Å². The van der Waals surface area contributed by atoms with Crippen molar-refractivity contribution >= 4 is 5.82 Å². The maximum Gasteiger partial charge on any atom is 0.351 e. The van der Waals surface area contributed by atoms with E-state index in [0.717, 1.165) is 0 Å². The molecular formula is C11H17N3O5. The van der Waals surface area contributed by atoms with Crippen LogP contribution >= 0.6 is 0 Å². The number of methoxy groups -OCH3 is 2. The Morgan fingerprint density at radius 3 is 2.89 bits per heavy atom. The van der Waals surface area contributed by atoms with Gasteiger partial charge < -0.3 is 25.1 Å². The summed E-state index contributed by atoms with van der Waals surface area (Å²) in [6.07, 6.45) is -1.46. The number of nitrogens with zero attached hydrogens (tertiary/aromatic N) is 2. The normalized spacial score (nSPS) is 30.7. The summed E-state index contributed by atoms with van der Waals surface area (Å²) in [4.78, 5) is 15.3. The van der Waals surface area contributed by atoms with Gasteiger partial charge in [-0.25, -0.2) is 4.79 Å². The van der Waals surface area contributed by atoms with Crippen LogP contribution in [0.1, 0.15) is 6.23 Å². The van der Waals surface area contributed by atoms with E-state index in [1.807, 2.05) is 0 Å². The smallest absolute Gasteiger partial charge is 0.351 e. The van der Waals surface area contributed by atoms with Crippen molar-refractivity contribution in [1.82, 2.24) is 9.55 Å². The molecule has 0 bridgehead atoms. The lowest BCUT2D eigenvalue weighted by molar-refractivity contribution is -0.0640. The van der Waals surface area contributed by atoms with Crippen LogP contribution in [0, 0.1) is 0 Å². The Bertz CT molecular complexity index is 491. The minimum absolute atomic E-state index is 0.116. The number of aliphatic hydroxyl groups is 1. The van der Waals surface area contributed by atoms with Crippen molar-refractivity contribution in [3.05, 3.63) is 22.7 Å². The van der Waals surface area contributed by atoms with E-state index in [9.17, 15) is 9.90 Å². The molecule has 0 amide bonds. The largest absolute Gasteiger partial charge is 0.386 e. The maximum atomic E-state index is 11.7. The highest BCUT2D eigenvalue weighted by Gasteiger charge is 2.45. The average Bonchev–Trinajstić information content (AvgIpc) is 2.66. The summed E-state index contributed by atoms with van der Waals surface area (Å²) in [5, 5.41) is 10.2. The number of aliphatic hydroxyl groups excluding tert-OH is 1. The van der Waals surface area contributed by atoms with E-state index in [1.54, 1.807) is 0 Å². The van der Waals surface area contributed by atoms with E-state index in [2.05, 4.69) is 4.98 Å². The Labute approximate surface area is 109 Å². The SMILES string of the molecule is COC[C@H]1O[C@@H](n2ccc(N)nc2=O)C(O)C1OC. The van der Waals surface area contributed by atoms with Crippen molar-refractivity contribution in [2.24, 2.45) is 0 Å². The number of hydrogen-bond donors (Lipinski definition) is 2. The van der Waals surface area contributed by atoms with Gasteiger partial charge in [0.05, 0.1) is 6.61 Å². The van der Waals surface area contributed by atoms with Gasteiger partial charge in [-0.1, -0.05) is 0 Å². The van der Waals surface area contributed by atoms with Gasteiger partial charge in [-0.3, -0.25) is 4.57 Å². The van der Waals surface area contributed by atoms with E-state index in [0.29, 0.717) is 0 Å². The van der Waals surface area contributed by atoms with Crippen molar-refractivity contribution in [2.45, 2.75) is 24.5 Å². The fourth-order valence-corrected chi connectivity index (χ4v) is 2.16. The molecule has 0 spiro atoms. The molecule has 2 rings (SSSR count). The first-order valence-corrected chi connectivity index (χ1v) is 5.78. The molecule has 106 valence electrons. The molecular weight excluding hydrogens is 254 g/mol. The van der Waals surface area contributed by atoms with Gasteiger partial charge in [0.1, 0.15) is 24.1 Å². The number of aromatic nitrogens is 2. The van der Waals surface area contributed by atoms with Crippen molar-refractivity contribution in [3.8, 4) is 0 Å². The summed E-state index contributed by atoms with van der Waals surface area (Å²) in [5.74, 6) is 0.116. The quantitative estimate of drug-likeness (QED) is 0.703. The predicted octanol–water partition coefficient (Wildman–Crippen LogP) is -1.25. The Kier molecular flexibility index (Phi) is 4.15. The summed E-state index contributed by atoms with van der Waals surface area (Å²) >= 11 is 0. The van der Waals surface area contributed by atoms with Crippen LogP contribution in [0.25, 0.3) is 0 Å². The molecule has 4 atom stereocenters. The van der Waals surface area contributed by atoms with Crippen LogP contribution in [-0.4, -0.2) is 53.8 Å². The summed E-state index contributed by atoms with van der Waals surface area (Å²) < 4.78 is 17.0. The summed E-state index contributed by atoms with van der Waals surface area (Å²) in [5.41, 5.74) is 4.83. The third-order valence-corrected chi connectivity index (χ3v) is 3.04. The number of ether oxygens (including phenoxy) is 3. The third kappa shape index (κ3) is 2.61. The standard InChI is InChI=1S/C11H17N3O5/c1-17-5-6-9(18-2)8(15)10(19-6)14-4-3-7(12)13-11(14)16/h3-4,6,8-10,15H,5H2,1-2H3,(H2,12,13,16)/t6-,8?,9?,10-/m1/s1. The average molecular weight is 271 g/mol. The van der Waals surface area contributed by atoms with Crippen molar-refractivity contribution in [1.29, 1.82) is 0 Å². The van der Waals surface area contributed by atoms with Gasteiger partial charge in [0, 0.05) is 20.4 Å². The number of hydrogen-bond acceptors (Lipinski definition) is 7. The van der Waals surface area contributed by atoms with E-state index in [4.69, 9.17) is 19.9 Å². The Morgan fingerprint density at radius 2 is 2.32 bits per heavy atom. The molecule has 8 nitrogen and oxygen atoms in total. The second-order valence-corrected chi connectivity index (χ2v) is 4.25. The summed E-state index contributed by atoms with van der Waals surface area (Å²) in [6, 6.07) is 1.46. The van der Waals surface area contributed by atoms with Crippen LogP contribution in [0.15, 0.2) is 17.1 Å². The topological polar surface area (TPSA) is 109 Å². The molecule has 0 aliphatic carbocycles. The minimum Gasteiger partial charge on any atom is -0.386 e. The van der Waals surface area contributed by atoms with Crippen LogP contribution in [0.2, 0.25) is 0 Å². The van der Waals surface area contributed by atoms with Crippen LogP contribution in [0.5, 0.6) is 0 Å². The maximum absolute atomic E-state index is 11.7. The molecule has 1 aliphatic heterocycles. The van der Waals surface area contributed by atoms with Gasteiger partial charge in [0.15, 0.2) is 6.23 Å². The second kappa shape index (κ2) is 5.66. The highest BCUT2D eigenvalue weighted by molar-refractivity contribution is 5.23. The first-order valence-electron chi connectivity index (χ1n) is 5.78. The molecule has 2 unspecified atom stereocenters. The number of anilines is 1. The van der Waals surface area contributed by atoms with Gasteiger partial charge >= 0.3 is 5.69 Å². The number of nitrogen functional groups attached to an aromatic ring is 1. The zero-order valence-electron chi connectivity index (χ0n) is 10.7. The Morgan fingerprint density at radius 1 is 1.58 bits per heavy atom. The predicted molar refractivity (Wildman–Crippen MR) is 65.5 cm³/mol. The Balaban J connectivity index is 2.28. The summed E-state index contributed by atoms with van der Waals surface area (Å²) in [7, 11) is 2.99. The highest BCUT2D eigenvalue weighted by atomic mass is 16.6.